The second-order valence-corrected chi connectivity index (χ2v) is 6.87. The van der Waals surface area contributed by atoms with Gasteiger partial charge in [0.15, 0.2) is 11.5 Å². The average molecular weight is 381 g/mol. The minimum atomic E-state index is -4.06. The standard InChI is InChI=1S/C17H19NO7S/c1-23-13-6-4-12(5-7-13)18-26(21,22)16-10-15(25-3)14(24-2)8-11(16)9-17(19)20/h4-8,10,18H,9H2,1-3H3,(H,19,20). The minimum Gasteiger partial charge on any atom is -0.497 e. The van der Waals surface area contributed by atoms with Crippen LogP contribution in [0.1, 0.15) is 5.56 Å². The fraction of sp³-hybridized carbons (Fsp3) is 0.235. The zero-order valence-corrected chi connectivity index (χ0v) is 15.3. The summed E-state index contributed by atoms with van der Waals surface area (Å²) in [5.74, 6) is -0.173. The summed E-state index contributed by atoms with van der Waals surface area (Å²) in [7, 11) is 0.189. The van der Waals surface area contributed by atoms with Crippen molar-refractivity contribution < 1.29 is 32.5 Å². The number of hydrogen-bond acceptors (Lipinski definition) is 6. The van der Waals surface area contributed by atoms with Gasteiger partial charge in [-0.25, -0.2) is 8.42 Å². The molecule has 0 aliphatic heterocycles. The Morgan fingerprint density at radius 2 is 1.58 bits per heavy atom. The number of aliphatic carboxylic acids is 1. The lowest BCUT2D eigenvalue weighted by Gasteiger charge is -2.15. The van der Waals surface area contributed by atoms with E-state index in [0.717, 1.165) is 0 Å². The minimum absolute atomic E-state index is 0.0798. The molecule has 0 amide bonds. The van der Waals surface area contributed by atoms with Crippen molar-refractivity contribution in [1.82, 2.24) is 0 Å². The topological polar surface area (TPSA) is 111 Å². The number of sulfonamides is 1. The Hall–Kier alpha value is -2.94. The van der Waals surface area contributed by atoms with E-state index < -0.39 is 22.4 Å². The predicted molar refractivity (Wildman–Crippen MR) is 94.7 cm³/mol. The molecule has 2 N–H and O–H groups in total. The molecule has 0 atom stereocenters. The van der Waals surface area contributed by atoms with Gasteiger partial charge in [0.05, 0.1) is 32.6 Å². The van der Waals surface area contributed by atoms with Gasteiger partial charge in [0.2, 0.25) is 0 Å². The number of carboxylic acid groups (broad SMARTS) is 1. The number of nitrogens with one attached hydrogen (secondary N) is 1. The van der Waals surface area contributed by atoms with Crippen LogP contribution in [0.25, 0.3) is 0 Å². The highest BCUT2D eigenvalue weighted by Crippen LogP contribution is 2.34. The Kier molecular flexibility index (Phi) is 5.93. The van der Waals surface area contributed by atoms with E-state index in [1.165, 1.54) is 45.6 Å². The highest BCUT2D eigenvalue weighted by atomic mass is 32.2. The maximum Gasteiger partial charge on any atom is 0.307 e. The first-order chi connectivity index (χ1) is 12.3. The van der Waals surface area contributed by atoms with Crippen LogP contribution < -0.4 is 18.9 Å². The Morgan fingerprint density at radius 3 is 2.08 bits per heavy atom. The fourth-order valence-corrected chi connectivity index (χ4v) is 3.62. The second-order valence-electron chi connectivity index (χ2n) is 5.22. The normalized spacial score (nSPS) is 10.9. The molecule has 0 spiro atoms. The molecule has 0 saturated carbocycles. The summed E-state index contributed by atoms with van der Waals surface area (Å²) in [4.78, 5) is 10.9. The van der Waals surface area contributed by atoms with Gasteiger partial charge in [-0.3, -0.25) is 9.52 Å². The van der Waals surface area contributed by atoms with E-state index in [4.69, 9.17) is 19.3 Å². The number of anilines is 1. The van der Waals surface area contributed by atoms with Crippen molar-refractivity contribution in [2.45, 2.75) is 11.3 Å². The molecular formula is C17H19NO7S. The molecular weight excluding hydrogens is 362 g/mol. The molecule has 0 unspecified atom stereocenters. The zero-order valence-electron chi connectivity index (χ0n) is 14.5. The zero-order chi connectivity index (χ0) is 19.3. The number of benzene rings is 2. The van der Waals surface area contributed by atoms with Gasteiger partial charge in [0.25, 0.3) is 10.0 Å². The number of carbonyl (C=O) groups is 1. The molecule has 0 aromatic heterocycles. The quantitative estimate of drug-likeness (QED) is 0.720. The molecule has 26 heavy (non-hydrogen) atoms. The lowest BCUT2D eigenvalue weighted by molar-refractivity contribution is -0.136. The highest BCUT2D eigenvalue weighted by Gasteiger charge is 2.23. The largest absolute Gasteiger partial charge is 0.497 e. The molecule has 2 aromatic carbocycles. The Balaban J connectivity index is 2.49. The molecule has 0 bridgehead atoms. The first kappa shape index (κ1) is 19.4. The summed E-state index contributed by atoms with van der Waals surface area (Å²) in [5, 5.41) is 9.09. The van der Waals surface area contributed by atoms with Crippen molar-refractivity contribution in [2.24, 2.45) is 0 Å². The number of methoxy groups -OCH3 is 3. The van der Waals surface area contributed by atoms with Crippen LogP contribution in [0.2, 0.25) is 0 Å². The van der Waals surface area contributed by atoms with Crippen LogP contribution in [0, 0.1) is 0 Å². The smallest absolute Gasteiger partial charge is 0.307 e. The van der Waals surface area contributed by atoms with Crippen LogP contribution in [0.5, 0.6) is 17.2 Å². The Labute approximate surface area is 151 Å². The maximum atomic E-state index is 12.8. The summed E-state index contributed by atoms with van der Waals surface area (Å²) in [6, 6.07) is 8.86. The van der Waals surface area contributed by atoms with Crippen LogP contribution in [-0.2, 0) is 21.2 Å². The van der Waals surface area contributed by atoms with Crippen molar-refractivity contribution in [1.29, 1.82) is 0 Å². The van der Waals surface area contributed by atoms with E-state index in [2.05, 4.69) is 4.72 Å². The van der Waals surface area contributed by atoms with Gasteiger partial charge in [0, 0.05) is 11.8 Å². The molecule has 2 aromatic rings. The summed E-state index contributed by atoms with van der Waals surface area (Å²) in [6.45, 7) is 0. The SMILES string of the molecule is COc1ccc(NS(=O)(=O)c2cc(OC)c(OC)cc2CC(=O)O)cc1. The lowest BCUT2D eigenvalue weighted by Crippen LogP contribution is -2.17. The summed E-state index contributed by atoms with van der Waals surface area (Å²) < 4.78 is 43.3. The van der Waals surface area contributed by atoms with Crippen molar-refractivity contribution in [3.63, 3.8) is 0 Å². The fourth-order valence-electron chi connectivity index (χ4n) is 2.32. The van der Waals surface area contributed by atoms with E-state index in [1.807, 2.05) is 0 Å². The molecule has 0 radical (unpaired) electrons. The van der Waals surface area contributed by atoms with Gasteiger partial charge in [-0.2, -0.15) is 0 Å². The lowest BCUT2D eigenvalue weighted by atomic mass is 10.1. The third kappa shape index (κ3) is 4.37. The monoisotopic (exact) mass is 381 g/mol. The van der Waals surface area contributed by atoms with E-state index >= 15 is 0 Å². The highest BCUT2D eigenvalue weighted by molar-refractivity contribution is 7.92. The molecule has 2 rings (SSSR count). The summed E-state index contributed by atoms with van der Waals surface area (Å²) in [6.07, 6.45) is -0.487. The number of ether oxygens (including phenoxy) is 3. The van der Waals surface area contributed by atoms with Gasteiger partial charge in [-0.05, 0) is 35.9 Å². The van der Waals surface area contributed by atoms with Crippen LogP contribution in [-0.4, -0.2) is 40.8 Å². The molecule has 9 heteroatoms. The number of rotatable bonds is 8. The Bertz CT molecular complexity index is 892. The van der Waals surface area contributed by atoms with Gasteiger partial charge in [-0.15, -0.1) is 0 Å². The first-order valence-electron chi connectivity index (χ1n) is 7.44. The van der Waals surface area contributed by atoms with Crippen molar-refractivity contribution >= 4 is 21.7 Å². The van der Waals surface area contributed by atoms with Crippen molar-refractivity contribution in [3.05, 3.63) is 42.0 Å². The molecule has 0 heterocycles. The van der Waals surface area contributed by atoms with E-state index in [0.29, 0.717) is 11.4 Å². The second kappa shape index (κ2) is 7.96. The van der Waals surface area contributed by atoms with E-state index in [-0.39, 0.29) is 22.0 Å². The summed E-state index contributed by atoms with van der Waals surface area (Å²) >= 11 is 0. The molecule has 140 valence electrons. The van der Waals surface area contributed by atoms with Crippen LogP contribution in [0.4, 0.5) is 5.69 Å². The average Bonchev–Trinajstić information content (AvgIpc) is 2.61. The third-order valence-electron chi connectivity index (χ3n) is 3.54. The Morgan fingerprint density at radius 1 is 1.00 bits per heavy atom. The number of hydrogen-bond donors (Lipinski definition) is 2. The first-order valence-corrected chi connectivity index (χ1v) is 8.92. The van der Waals surface area contributed by atoms with Gasteiger partial charge in [-0.1, -0.05) is 0 Å². The summed E-state index contributed by atoms with van der Waals surface area (Å²) in [5.41, 5.74) is 0.387. The van der Waals surface area contributed by atoms with Gasteiger partial charge >= 0.3 is 5.97 Å². The van der Waals surface area contributed by atoms with Gasteiger partial charge < -0.3 is 19.3 Å². The van der Waals surface area contributed by atoms with Crippen LogP contribution in [0.15, 0.2) is 41.3 Å². The van der Waals surface area contributed by atoms with Gasteiger partial charge in [0.1, 0.15) is 5.75 Å². The van der Waals surface area contributed by atoms with Crippen molar-refractivity contribution in [3.8, 4) is 17.2 Å². The van der Waals surface area contributed by atoms with Crippen LogP contribution in [0.3, 0.4) is 0 Å². The van der Waals surface area contributed by atoms with E-state index in [1.54, 1.807) is 12.1 Å². The number of carboxylic acids is 1. The van der Waals surface area contributed by atoms with Crippen molar-refractivity contribution in [2.75, 3.05) is 26.1 Å². The molecule has 0 aliphatic rings. The van der Waals surface area contributed by atoms with E-state index in [9.17, 15) is 13.2 Å². The molecule has 0 aliphatic carbocycles. The predicted octanol–water partition coefficient (Wildman–Crippen LogP) is 2.14. The molecule has 0 fully saturated rings. The third-order valence-corrected chi connectivity index (χ3v) is 5.00. The molecule has 0 saturated heterocycles. The van der Waals surface area contributed by atoms with Crippen LogP contribution >= 0.6 is 0 Å². The molecule has 8 nitrogen and oxygen atoms in total. The maximum absolute atomic E-state index is 12.8.